The molecule has 0 aromatic heterocycles. The van der Waals surface area contributed by atoms with Gasteiger partial charge in [-0.25, -0.2) is 12.1 Å². The Morgan fingerprint density at radius 3 is 1.38 bits per heavy atom. The molecule has 0 saturated carbocycles. The Morgan fingerprint density at radius 1 is 0.594 bits per heavy atom. The van der Waals surface area contributed by atoms with E-state index < -0.39 is 8.07 Å². The molecule has 164 valence electrons. The molecular weight excluding hydrogens is 507 g/mol. The smallest absolute Gasteiger partial charge is 1.00 e. The Labute approximate surface area is 227 Å². The first-order valence-corrected chi connectivity index (χ1v) is 12.3. The van der Waals surface area contributed by atoms with Crippen molar-refractivity contribution in [3.05, 3.63) is 115 Å². The Morgan fingerprint density at radius 2 is 1.00 bits per heavy atom. The number of halogens is 3. The fourth-order valence-electron chi connectivity index (χ4n) is 4.44. The average Bonchev–Trinajstić information content (AvgIpc) is 3.24. The minimum Gasteiger partial charge on any atom is -1.00 e. The van der Waals surface area contributed by atoms with Gasteiger partial charge in [-0.2, -0.15) is 11.6 Å². The van der Waals surface area contributed by atoms with Crippen LogP contribution in [0.2, 0.25) is 0 Å². The summed E-state index contributed by atoms with van der Waals surface area (Å²) in [4.78, 5) is 0. The molecule has 4 aromatic carbocycles. The van der Waals surface area contributed by atoms with E-state index in [9.17, 15) is 0 Å². The molecule has 0 spiro atoms. The first kappa shape index (κ1) is 30.8. The molecule has 0 saturated heterocycles. The summed E-state index contributed by atoms with van der Waals surface area (Å²) in [7, 11) is -2.34. The maximum Gasteiger partial charge on any atom is 4.00 e. The monoisotopic (exact) mass is 532 g/mol. The number of hydrogen-bond donors (Lipinski definition) is 0. The maximum atomic E-state index is 2.39. The maximum absolute atomic E-state index is 2.39. The van der Waals surface area contributed by atoms with Crippen molar-refractivity contribution in [1.29, 1.82) is 0 Å². The number of rotatable bonds is 7. The summed E-state index contributed by atoms with van der Waals surface area (Å²) in [6.45, 7) is 2.28. The molecule has 0 unspecified atom stereocenters. The second-order valence-corrected chi connectivity index (χ2v) is 11.2. The van der Waals surface area contributed by atoms with Crippen LogP contribution in [0, 0.1) is 0 Å². The molecule has 32 heavy (non-hydrogen) atoms. The zero-order valence-electron chi connectivity index (χ0n) is 18.1. The fraction of sp³-hybridized carbons (Fsp3) is 0.148. The van der Waals surface area contributed by atoms with Gasteiger partial charge in [-0.15, -0.1) is 5.19 Å². The van der Waals surface area contributed by atoms with Crippen molar-refractivity contribution in [2.24, 2.45) is 0 Å². The molecule has 4 aromatic rings. The minimum absolute atomic E-state index is 0. The van der Waals surface area contributed by atoms with Gasteiger partial charge < -0.3 is 37.2 Å². The van der Waals surface area contributed by atoms with Gasteiger partial charge in [0.05, 0.1) is 0 Å². The van der Waals surface area contributed by atoms with Gasteiger partial charge in [-0.3, -0.25) is 0 Å². The number of benzene rings is 3. The van der Waals surface area contributed by atoms with Crippen LogP contribution >= 0.6 is 0 Å². The largest absolute Gasteiger partial charge is 4.00 e. The third kappa shape index (κ3) is 6.03. The summed E-state index contributed by atoms with van der Waals surface area (Å²) < 4.78 is 0. The van der Waals surface area contributed by atoms with Crippen LogP contribution in [0.25, 0.3) is 0 Å². The van der Waals surface area contributed by atoms with Crippen LogP contribution in [0.15, 0.2) is 109 Å². The fourth-order valence-corrected chi connectivity index (χ4v) is 9.49. The van der Waals surface area contributed by atoms with Crippen molar-refractivity contribution in [3.8, 4) is 0 Å². The van der Waals surface area contributed by atoms with Crippen molar-refractivity contribution in [1.82, 2.24) is 0 Å². The number of aryl methyl sites for hydroxylation is 1. The molecule has 0 aliphatic carbocycles. The Bertz CT molecular complexity index is 908. The molecule has 0 atom stereocenters. The molecule has 0 aliphatic heterocycles. The van der Waals surface area contributed by atoms with Crippen LogP contribution in [0.1, 0.15) is 25.3 Å². The van der Waals surface area contributed by atoms with E-state index in [1.54, 1.807) is 5.19 Å². The summed E-state index contributed by atoms with van der Waals surface area (Å²) in [6, 6.07) is 40.6. The first-order chi connectivity index (χ1) is 13.9. The third-order valence-electron chi connectivity index (χ3n) is 5.73. The third-order valence-corrected chi connectivity index (χ3v) is 10.6. The second kappa shape index (κ2) is 14.9. The van der Waals surface area contributed by atoms with Gasteiger partial charge in [-0.1, -0.05) is 133 Å². The molecule has 0 bridgehead atoms. The van der Waals surface area contributed by atoms with Crippen LogP contribution in [0.5, 0.6) is 0 Å². The van der Waals surface area contributed by atoms with Crippen LogP contribution in [-0.2, 0) is 28.1 Å². The van der Waals surface area contributed by atoms with Gasteiger partial charge in [0.1, 0.15) is 8.07 Å². The summed E-state index contributed by atoms with van der Waals surface area (Å²) >= 11 is 0. The van der Waals surface area contributed by atoms with Crippen molar-refractivity contribution < 1.29 is 58.9 Å². The molecule has 0 radical (unpaired) electrons. The Balaban J connectivity index is 0.00000240. The molecule has 0 nitrogen and oxygen atoms in total. The predicted octanol–water partition coefficient (Wildman–Crippen LogP) is -4.86. The van der Waals surface area contributed by atoms with Crippen LogP contribution in [-0.4, -0.2) is 8.07 Å². The van der Waals surface area contributed by atoms with E-state index in [4.69, 9.17) is 0 Å². The van der Waals surface area contributed by atoms with Gasteiger partial charge >= 0.3 is 21.7 Å². The average molecular weight is 534 g/mol. The molecule has 0 fully saturated rings. The van der Waals surface area contributed by atoms with E-state index in [-0.39, 0.29) is 58.9 Å². The van der Waals surface area contributed by atoms with Crippen LogP contribution in [0.3, 0.4) is 0 Å². The van der Waals surface area contributed by atoms with E-state index in [0.717, 1.165) is 6.42 Å². The van der Waals surface area contributed by atoms with Gasteiger partial charge in [-0.05, 0) is 0 Å². The summed E-state index contributed by atoms with van der Waals surface area (Å²) in [5.74, 6) is 0. The van der Waals surface area contributed by atoms with Crippen molar-refractivity contribution in [2.75, 3.05) is 0 Å². The summed E-state index contributed by atoms with van der Waals surface area (Å²) in [6.07, 6.45) is 3.61. The predicted molar refractivity (Wildman–Crippen MR) is 124 cm³/mol. The van der Waals surface area contributed by atoms with Crippen molar-refractivity contribution >= 4 is 28.8 Å². The minimum atomic E-state index is -2.34. The summed E-state index contributed by atoms with van der Waals surface area (Å²) in [5.41, 5.74) is 1.52. The molecule has 4 rings (SSSR count). The first-order valence-electron chi connectivity index (χ1n) is 10.3. The number of hydrogen-bond acceptors (Lipinski definition) is 0. The van der Waals surface area contributed by atoms with E-state index in [1.165, 1.54) is 34.0 Å². The zero-order chi connectivity index (χ0) is 19.2. The van der Waals surface area contributed by atoms with Crippen molar-refractivity contribution in [2.45, 2.75) is 26.2 Å². The second-order valence-electron chi connectivity index (χ2n) is 7.42. The van der Waals surface area contributed by atoms with Crippen LogP contribution in [0.4, 0.5) is 0 Å². The van der Waals surface area contributed by atoms with Gasteiger partial charge in [0.15, 0.2) is 0 Å². The molecule has 0 aliphatic rings. The van der Waals surface area contributed by atoms with Gasteiger partial charge in [0.25, 0.3) is 0 Å². The quantitative estimate of drug-likeness (QED) is 0.127. The normalized spacial score (nSPS) is 10.0. The number of unbranched alkanes of at least 4 members (excludes halogenated alkanes) is 1. The van der Waals surface area contributed by atoms with Crippen molar-refractivity contribution in [3.63, 3.8) is 0 Å². The molecule has 0 heterocycles. The topological polar surface area (TPSA) is 0 Å². The molecule has 0 N–H and O–H groups in total. The van der Waals surface area contributed by atoms with E-state index >= 15 is 0 Å². The SMILES string of the molecule is CCCCc1ccc[c-]1[Si](c1ccccc1)(c1ccccc1)c1ccccc1.[Cl-].[Cl-].[Cl-].[Ti+4]. The Hall–Kier alpha value is -1.19. The summed E-state index contributed by atoms with van der Waals surface area (Å²) in [5, 5.41) is 5.91. The molecule has 0 amide bonds. The Kier molecular flexibility index (Phi) is 14.3. The molecular formula is C27H27Cl3SiTi. The van der Waals surface area contributed by atoms with Gasteiger partial charge in [0.2, 0.25) is 0 Å². The zero-order valence-corrected chi connectivity index (χ0v) is 23.0. The van der Waals surface area contributed by atoms with Crippen LogP contribution < -0.4 is 58.0 Å². The van der Waals surface area contributed by atoms with E-state index in [1.807, 2.05) is 0 Å². The standard InChI is InChI=1S/C27H27Si.3ClH.Ti/c1-2-3-14-23-15-13-22-27(23)28(24-16-7-4-8-17-24,25-18-9-5-10-19-25)26-20-11-6-12-21-26;;;;/h4-13,15-22H,2-3,14H2,1H3;3*1H;/q-1;;;;+4/p-3. The van der Waals surface area contributed by atoms with E-state index in [0.29, 0.717) is 0 Å². The molecule has 5 heteroatoms. The van der Waals surface area contributed by atoms with E-state index in [2.05, 4.69) is 116 Å². The van der Waals surface area contributed by atoms with Gasteiger partial charge in [0, 0.05) is 0 Å².